The van der Waals surface area contributed by atoms with Crippen LogP contribution in [0.1, 0.15) is 33.8 Å². The van der Waals surface area contributed by atoms with Crippen molar-refractivity contribution in [2.24, 2.45) is 0 Å². The monoisotopic (exact) mass is 392 g/mol. The zero-order chi connectivity index (χ0) is 19.4. The van der Waals surface area contributed by atoms with E-state index >= 15 is 0 Å². The van der Waals surface area contributed by atoms with E-state index < -0.39 is 0 Å². The number of aryl methyl sites for hydroxylation is 3. The van der Waals surface area contributed by atoms with E-state index in [1.165, 1.54) is 39.1 Å². The minimum absolute atomic E-state index is 0.0988. The first-order valence-corrected chi connectivity index (χ1v) is 10.7. The number of hydrogen-bond donors (Lipinski definition) is 1. The Balaban J connectivity index is 1.41. The van der Waals surface area contributed by atoms with Crippen LogP contribution in [0.15, 0.2) is 28.4 Å². The van der Waals surface area contributed by atoms with Gasteiger partial charge in [0, 0.05) is 65.0 Å². The van der Waals surface area contributed by atoms with Crippen LogP contribution in [0.4, 0.5) is 0 Å². The molecule has 0 bridgehead atoms. The van der Waals surface area contributed by atoms with Crippen molar-refractivity contribution in [3.63, 3.8) is 0 Å². The van der Waals surface area contributed by atoms with Gasteiger partial charge in [-0.25, -0.2) is 4.98 Å². The number of aromatic nitrogens is 3. The zero-order valence-corrected chi connectivity index (χ0v) is 17.3. The highest BCUT2D eigenvalue weighted by Crippen LogP contribution is 2.28. The molecule has 1 N–H and O–H groups in total. The van der Waals surface area contributed by atoms with Crippen LogP contribution in [-0.4, -0.2) is 32.4 Å². The summed E-state index contributed by atoms with van der Waals surface area (Å²) in [5.74, 6) is 0. The number of thiazole rings is 1. The van der Waals surface area contributed by atoms with E-state index in [0.717, 1.165) is 54.4 Å². The Bertz CT molecular complexity index is 1260. The van der Waals surface area contributed by atoms with Crippen LogP contribution in [-0.2, 0) is 19.4 Å². The average molecular weight is 393 g/mol. The predicted octanol–water partition coefficient (Wildman–Crippen LogP) is 3.76. The fourth-order valence-electron chi connectivity index (χ4n) is 4.35. The van der Waals surface area contributed by atoms with E-state index in [2.05, 4.69) is 40.0 Å². The average Bonchev–Trinajstić information content (AvgIpc) is 3.21. The smallest absolute Gasteiger partial charge is 0.262 e. The highest BCUT2D eigenvalue weighted by molar-refractivity contribution is 7.15. The third-order valence-corrected chi connectivity index (χ3v) is 6.87. The molecular formula is C22H24N4OS. The molecule has 1 aromatic carbocycles. The Kier molecular flexibility index (Phi) is 4.14. The molecule has 0 fully saturated rings. The highest BCUT2D eigenvalue weighted by atomic mass is 32.1. The molecule has 4 aromatic rings. The van der Waals surface area contributed by atoms with Crippen molar-refractivity contribution in [2.45, 2.75) is 40.2 Å². The lowest BCUT2D eigenvalue weighted by molar-refractivity contribution is 0.257. The van der Waals surface area contributed by atoms with Gasteiger partial charge in [0.25, 0.3) is 5.56 Å². The molecule has 144 valence electrons. The van der Waals surface area contributed by atoms with Crippen molar-refractivity contribution in [1.82, 2.24) is 19.3 Å². The van der Waals surface area contributed by atoms with Gasteiger partial charge in [-0.1, -0.05) is 11.6 Å². The second kappa shape index (κ2) is 6.57. The van der Waals surface area contributed by atoms with Crippen molar-refractivity contribution >= 4 is 27.2 Å². The normalized spacial score (nSPS) is 14.8. The van der Waals surface area contributed by atoms with Crippen molar-refractivity contribution in [2.75, 3.05) is 13.1 Å². The quantitative estimate of drug-likeness (QED) is 0.578. The third-order valence-electron chi connectivity index (χ3n) is 5.93. The van der Waals surface area contributed by atoms with Gasteiger partial charge in [-0.2, -0.15) is 0 Å². The Labute approximate surface area is 167 Å². The number of fused-ring (bicyclic) bond motifs is 4. The van der Waals surface area contributed by atoms with E-state index in [1.807, 2.05) is 19.2 Å². The van der Waals surface area contributed by atoms with E-state index in [4.69, 9.17) is 0 Å². The molecule has 4 heterocycles. The summed E-state index contributed by atoms with van der Waals surface area (Å²) in [5, 5.41) is 3.34. The Hall–Kier alpha value is -2.44. The van der Waals surface area contributed by atoms with E-state index in [1.54, 1.807) is 4.40 Å². The fourth-order valence-corrected chi connectivity index (χ4v) is 5.25. The summed E-state index contributed by atoms with van der Waals surface area (Å²) in [6, 6.07) is 6.62. The summed E-state index contributed by atoms with van der Waals surface area (Å²) in [4.78, 5) is 24.5. The largest absolute Gasteiger partial charge is 0.358 e. The lowest BCUT2D eigenvalue weighted by Crippen LogP contribution is -2.33. The first-order valence-electron chi connectivity index (χ1n) is 9.80. The van der Waals surface area contributed by atoms with Gasteiger partial charge < -0.3 is 4.98 Å². The molecular weight excluding hydrogens is 368 g/mol. The summed E-state index contributed by atoms with van der Waals surface area (Å²) in [7, 11) is 0. The van der Waals surface area contributed by atoms with Crippen LogP contribution in [0.5, 0.6) is 0 Å². The standard InChI is InChI=1S/C22H24N4OS/c1-13-4-5-19-17(10-13)18-11-25(9-7-20(18)24-19)8-6-16-15(3)23-22-26(21(16)27)14(2)12-28-22/h4-5,10,12,24H,6-9,11H2,1-3H3. The number of benzene rings is 1. The zero-order valence-electron chi connectivity index (χ0n) is 16.5. The summed E-state index contributed by atoms with van der Waals surface area (Å²) in [6.45, 7) is 8.91. The molecule has 1 aliphatic heterocycles. The number of aromatic amines is 1. The molecule has 0 spiro atoms. The summed E-state index contributed by atoms with van der Waals surface area (Å²) in [5.41, 5.74) is 8.09. The molecule has 0 atom stereocenters. The predicted molar refractivity (Wildman–Crippen MR) is 115 cm³/mol. The van der Waals surface area contributed by atoms with Crippen molar-refractivity contribution in [3.05, 3.63) is 67.7 Å². The van der Waals surface area contributed by atoms with Crippen LogP contribution in [0.2, 0.25) is 0 Å². The van der Waals surface area contributed by atoms with Crippen LogP contribution in [0, 0.1) is 20.8 Å². The maximum atomic E-state index is 13.0. The first kappa shape index (κ1) is 17.6. The van der Waals surface area contributed by atoms with Crippen molar-refractivity contribution in [3.8, 4) is 0 Å². The lowest BCUT2D eigenvalue weighted by atomic mass is 10.0. The minimum atomic E-state index is 0.0988. The SMILES string of the molecule is Cc1ccc2[nH]c3c(c2c1)CN(CCc1c(C)nc2scc(C)n2c1=O)CC3. The summed E-state index contributed by atoms with van der Waals surface area (Å²) in [6.07, 6.45) is 1.77. The van der Waals surface area contributed by atoms with Crippen LogP contribution in [0.25, 0.3) is 15.9 Å². The van der Waals surface area contributed by atoms with Gasteiger partial charge in [-0.15, -0.1) is 11.3 Å². The van der Waals surface area contributed by atoms with E-state index in [-0.39, 0.29) is 5.56 Å². The van der Waals surface area contributed by atoms with Crippen LogP contribution in [0.3, 0.4) is 0 Å². The van der Waals surface area contributed by atoms with Gasteiger partial charge in [-0.05, 0) is 44.9 Å². The summed E-state index contributed by atoms with van der Waals surface area (Å²) >= 11 is 1.53. The first-order chi connectivity index (χ1) is 13.5. The number of nitrogens with zero attached hydrogens (tertiary/aromatic N) is 3. The van der Waals surface area contributed by atoms with Crippen molar-refractivity contribution < 1.29 is 0 Å². The minimum Gasteiger partial charge on any atom is -0.358 e. The van der Waals surface area contributed by atoms with E-state index in [9.17, 15) is 4.79 Å². The van der Waals surface area contributed by atoms with Gasteiger partial charge in [-0.3, -0.25) is 14.1 Å². The van der Waals surface area contributed by atoms with Crippen LogP contribution >= 0.6 is 11.3 Å². The number of hydrogen-bond acceptors (Lipinski definition) is 4. The Morgan fingerprint density at radius 1 is 1.25 bits per heavy atom. The maximum Gasteiger partial charge on any atom is 0.262 e. The lowest BCUT2D eigenvalue weighted by Gasteiger charge is -2.27. The Morgan fingerprint density at radius 2 is 2.11 bits per heavy atom. The van der Waals surface area contributed by atoms with Gasteiger partial charge in [0.05, 0.1) is 0 Å². The fraction of sp³-hybridized carbons (Fsp3) is 0.364. The molecule has 0 radical (unpaired) electrons. The number of H-pyrrole nitrogens is 1. The molecule has 28 heavy (non-hydrogen) atoms. The number of nitrogens with one attached hydrogen (secondary N) is 1. The molecule has 3 aromatic heterocycles. The summed E-state index contributed by atoms with van der Waals surface area (Å²) < 4.78 is 1.75. The Morgan fingerprint density at radius 3 is 2.96 bits per heavy atom. The number of rotatable bonds is 3. The van der Waals surface area contributed by atoms with Crippen molar-refractivity contribution in [1.29, 1.82) is 0 Å². The molecule has 0 aliphatic carbocycles. The van der Waals surface area contributed by atoms with E-state index in [0.29, 0.717) is 0 Å². The topological polar surface area (TPSA) is 53.4 Å². The molecule has 1 aliphatic rings. The molecule has 0 unspecified atom stereocenters. The van der Waals surface area contributed by atoms with Gasteiger partial charge >= 0.3 is 0 Å². The van der Waals surface area contributed by atoms with Gasteiger partial charge in [0.15, 0.2) is 4.96 Å². The van der Waals surface area contributed by atoms with Gasteiger partial charge in [0.1, 0.15) is 0 Å². The third kappa shape index (κ3) is 2.79. The van der Waals surface area contributed by atoms with Crippen LogP contribution < -0.4 is 5.56 Å². The molecule has 5 nitrogen and oxygen atoms in total. The molecule has 0 amide bonds. The second-order valence-electron chi connectivity index (χ2n) is 7.88. The molecule has 6 heteroatoms. The maximum absolute atomic E-state index is 13.0. The molecule has 0 saturated carbocycles. The molecule has 5 rings (SSSR count). The van der Waals surface area contributed by atoms with Gasteiger partial charge in [0.2, 0.25) is 0 Å². The second-order valence-corrected chi connectivity index (χ2v) is 8.72. The highest BCUT2D eigenvalue weighted by Gasteiger charge is 2.21. The molecule has 0 saturated heterocycles.